The minimum Gasteiger partial charge on any atom is -0.494 e. The number of ether oxygens (including phenoxy) is 1. The van der Waals surface area contributed by atoms with Crippen LogP contribution in [0.2, 0.25) is 0 Å². The molecule has 168 valence electrons. The molecular weight excluding hydrogens is 400 g/mol. The number of piperidine rings is 1. The number of likely N-dealkylation sites (tertiary alicyclic amines) is 1. The molecule has 3 heterocycles. The summed E-state index contributed by atoms with van der Waals surface area (Å²) < 4.78 is 5.97. The Labute approximate surface area is 189 Å². The maximum atomic E-state index is 12.3. The largest absolute Gasteiger partial charge is 0.494 e. The van der Waals surface area contributed by atoms with Crippen LogP contribution in [-0.4, -0.2) is 39.5 Å². The lowest BCUT2D eigenvalue weighted by Crippen LogP contribution is -2.29. The van der Waals surface area contributed by atoms with Crippen molar-refractivity contribution in [1.82, 2.24) is 19.9 Å². The number of rotatable bonds is 10. The van der Waals surface area contributed by atoms with Gasteiger partial charge in [0, 0.05) is 43.0 Å². The van der Waals surface area contributed by atoms with Gasteiger partial charge in [0.2, 0.25) is 0 Å². The highest BCUT2D eigenvalue weighted by molar-refractivity contribution is 5.28. The summed E-state index contributed by atoms with van der Waals surface area (Å²) in [4.78, 5) is 26.5. The average Bonchev–Trinajstić information content (AvgIpc) is 2.82. The first kappa shape index (κ1) is 22.2. The first-order valence-electron chi connectivity index (χ1n) is 11.7. The number of nitrogens with zero attached hydrogens (tertiary/aromatic N) is 3. The first-order chi connectivity index (χ1) is 15.8. The van der Waals surface area contributed by atoms with Gasteiger partial charge in [-0.15, -0.1) is 0 Å². The molecule has 1 saturated heterocycles. The molecule has 6 heteroatoms. The van der Waals surface area contributed by atoms with Gasteiger partial charge in [-0.3, -0.25) is 14.7 Å². The van der Waals surface area contributed by atoms with Crippen molar-refractivity contribution in [3.05, 3.63) is 87.9 Å². The Kier molecular flexibility index (Phi) is 8.04. The van der Waals surface area contributed by atoms with E-state index in [2.05, 4.69) is 38.1 Å². The van der Waals surface area contributed by atoms with Crippen LogP contribution in [0.3, 0.4) is 0 Å². The second kappa shape index (κ2) is 11.6. The zero-order chi connectivity index (χ0) is 22.0. The lowest BCUT2D eigenvalue weighted by atomic mass is 10.1. The van der Waals surface area contributed by atoms with E-state index in [0.29, 0.717) is 18.6 Å². The van der Waals surface area contributed by atoms with Gasteiger partial charge in [0.25, 0.3) is 5.56 Å². The van der Waals surface area contributed by atoms with E-state index in [1.165, 1.54) is 37.9 Å². The van der Waals surface area contributed by atoms with Crippen LogP contribution >= 0.6 is 0 Å². The van der Waals surface area contributed by atoms with Gasteiger partial charge < -0.3 is 9.72 Å². The Morgan fingerprint density at radius 3 is 2.72 bits per heavy atom. The van der Waals surface area contributed by atoms with Crippen LogP contribution in [0.5, 0.6) is 5.75 Å². The van der Waals surface area contributed by atoms with Crippen LogP contribution in [-0.2, 0) is 19.4 Å². The molecule has 0 unspecified atom stereocenters. The summed E-state index contributed by atoms with van der Waals surface area (Å²) in [7, 11) is 0. The number of aromatic amines is 1. The minimum atomic E-state index is -0.0811. The monoisotopic (exact) mass is 432 g/mol. The summed E-state index contributed by atoms with van der Waals surface area (Å²) >= 11 is 0. The van der Waals surface area contributed by atoms with Gasteiger partial charge in [-0.05, 0) is 68.6 Å². The van der Waals surface area contributed by atoms with E-state index in [9.17, 15) is 4.79 Å². The molecule has 1 aliphatic heterocycles. The van der Waals surface area contributed by atoms with E-state index in [1.807, 2.05) is 24.3 Å². The molecule has 0 atom stereocenters. The summed E-state index contributed by atoms with van der Waals surface area (Å²) in [5.41, 5.74) is 2.74. The number of pyridine rings is 1. The molecule has 2 aromatic heterocycles. The van der Waals surface area contributed by atoms with Crippen LogP contribution < -0.4 is 10.3 Å². The lowest BCUT2D eigenvalue weighted by Gasteiger charge is -2.26. The van der Waals surface area contributed by atoms with Crippen LogP contribution in [0, 0.1) is 0 Å². The van der Waals surface area contributed by atoms with Gasteiger partial charge >= 0.3 is 0 Å². The Balaban J connectivity index is 1.19. The predicted octanol–water partition coefficient (Wildman–Crippen LogP) is 4.14. The highest BCUT2D eigenvalue weighted by Crippen LogP contribution is 2.18. The summed E-state index contributed by atoms with van der Waals surface area (Å²) in [5, 5.41) is 0. The van der Waals surface area contributed by atoms with Gasteiger partial charge in [0.05, 0.1) is 6.61 Å². The number of aryl methyl sites for hydroxylation is 1. The van der Waals surface area contributed by atoms with E-state index in [4.69, 9.17) is 4.74 Å². The summed E-state index contributed by atoms with van der Waals surface area (Å²) in [6.07, 6.45) is 10.4. The van der Waals surface area contributed by atoms with Crippen LogP contribution in [0.15, 0.2) is 59.7 Å². The minimum absolute atomic E-state index is 0.0811. The van der Waals surface area contributed by atoms with Crippen molar-refractivity contribution in [2.24, 2.45) is 0 Å². The van der Waals surface area contributed by atoms with E-state index in [-0.39, 0.29) is 5.56 Å². The Morgan fingerprint density at radius 2 is 1.91 bits per heavy atom. The standard InChI is InChI=1S/C26H32N4O2/c31-26-22(18-23-10-2-4-13-27-23)19-28-25(29-26)12-3-7-16-32-24-11-8-9-21(17-24)20-30-14-5-1-6-15-30/h2,4,8-11,13,17,19H,1,3,5-7,12,14-16,18,20H2,(H,28,29,31). The third-order valence-electron chi connectivity index (χ3n) is 5.85. The van der Waals surface area contributed by atoms with Gasteiger partial charge in [0.1, 0.15) is 11.6 Å². The third-order valence-corrected chi connectivity index (χ3v) is 5.85. The van der Waals surface area contributed by atoms with Crippen LogP contribution in [0.4, 0.5) is 0 Å². The molecule has 1 N–H and O–H groups in total. The molecule has 3 aromatic rings. The van der Waals surface area contributed by atoms with E-state index >= 15 is 0 Å². The Hall–Kier alpha value is -2.99. The van der Waals surface area contributed by atoms with Gasteiger partial charge in [-0.2, -0.15) is 0 Å². The SMILES string of the molecule is O=c1[nH]c(CCCCOc2cccc(CN3CCCCC3)c2)ncc1Cc1ccccn1. The molecule has 1 aromatic carbocycles. The quantitative estimate of drug-likeness (QED) is 0.488. The third kappa shape index (κ3) is 6.76. The van der Waals surface area contributed by atoms with Gasteiger partial charge in [-0.1, -0.05) is 24.6 Å². The topological polar surface area (TPSA) is 71.1 Å². The maximum Gasteiger partial charge on any atom is 0.254 e. The number of benzene rings is 1. The van der Waals surface area contributed by atoms with Crippen molar-refractivity contribution in [3.8, 4) is 5.75 Å². The second-order valence-corrected chi connectivity index (χ2v) is 8.47. The molecule has 1 aliphatic rings. The fourth-order valence-electron chi connectivity index (χ4n) is 4.10. The number of unbranched alkanes of at least 4 members (excludes halogenated alkanes) is 1. The molecule has 0 bridgehead atoms. The van der Waals surface area contributed by atoms with Crippen molar-refractivity contribution in [1.29, 1.82) is 0 Å². The van der Waals surface area contributed by atoms with E-state index in [1.54, 1.807) is 12.4 Å². The van der Waals surface area contributed by atoms with Crippen LogP contribution in [0.25, 0.3) is 0 Å². The molecule has 0 amide bonds. The smallest absolute Gasteiger partial charge is 0.254 e. The zero-order valence-electron chi connectivity index (χ0n) is 18.6. The summed E-state index contributed by atoms with van der Waals surface area (Å²) in [6.45, 7) is 4.07. The fourth-order valence-corrected chi connectivity index (χ4v) is 4.10. The maximum absolute atomic E-state index is 12.3. The first-order valence-corrected chi connectivity index (χ1v) is 11.7. The second-order valence-electron chi connectivity index (χ2n) is 8.47. The van der Waals surface area contributed by atoms with E-state index < -0.39 is 0 Å². The van der Waals surface area contributed by atoms with Gasteiger partial charge in [-0.25, -0.2) is 4.98 Å². The predicted molar refractivity (Wildman–Crippen MR) is 126 cm³/mol. The molecule has 0 spiro atoms. The van der Waals surface area contributed by atoms with E-state index in [0.717, 1.165) is 43.1 Å². The Morgan fingerprint density at radius 1 is 1.00 bits per heavy atom. The highest BCUT2D eigenvalue weighted by Gasteiger charge is 2.10. The molecule has 32 heavy (non-hydrogen) atoms. The number of hydrogen-bond donors (Lipinski definition) is 1. The normalized spacial score (nSPS) is 14.4. The molecule has 0 aliphatic carbocycles. The number of nitrogens with one attached hydrogen (secondary N) is 1. The highest BCUT2D eigenvalue weighted by atomic mass is 16.5. The molecule has 0 saturated carbocycles. The van der Waals surface area contributed by atoms with Crippen molar-refractivity contribution < 1.29 is 4.74 Å². The lowest BCUT2D eigenvalue weighted by molar-refractivity contribution is 0.220. The molecule has 6 nitrogen and oxygen atoms in total. The van der Waals surface area contributed by atoms with Crippen LogP contribution in [0.1, 0.15) is 54.7 Å². The molecule has 0 radical (unpaired) electrons. The number of H-pyrrole nitrogens is 1. The van der Waals surface area contributed by atoms with Crippen molar-refractivity contribution >= 4 is 0 Å². The zero-order valence-corrected chi connectivity index (χ0v) is 18.6. The molecule has 1 fully saturated rings. The van der Waals surface area contributed by atoms with Gasteiger partial charge in [0.15, 0.2) is 0 Å². The summed E-state index contributed by atoms with van der Waals surface area (Å²) in [5.74, 6) is 1.66. The van der Waals surface area contributed by atoms with Crippen molar-refractivity contribution in [2.45, 2.75) is 51.5 Å². The fraction of sp³-hybridized carbons (Fsp3) is 0.423. The average molecular weight is 433 g/mol. The van der Waals surface area contributed by atoms with Crippen molar-refractivity contribution in [2.75, 3.05) is 19.7 Å². The Bertz CT molecular complexity index is 1030. The number of aromatic nitrogens is 3. The number of hydrogen-bond acceptors (Lipinski definition) is 5. The van der Waals surface area contributed by atoms with Crippen molar-refractivity contribution in [3.63, 3.8) is 0 Å². The summed E-state index contributed by atoms with van der Waals surface area (Å²) in [6, 6.07) is 14.1. The molecular formula is C26H32N4O2. The molecule has 4 rings (SSSR count).